The molecule has 2 aromatic carbocycles. The lowest BCUT2D eigenvalue weighted by molar-refractivity contribution is 0.373. The molecule has 1 aromatic heterocycles. The molecule has 3 aromatic rings. The van der Waals surface area contributed by atoms with Crippen molar-refractivity contribution in [2.75, 3.05) is 12.4 Å². The van der Waals surface area contributed by atoms with E-state index >= 15 is 0 Å². The van der Waals surface area contributed by atoms with E-state index in [-0.39, 0.29) is 11.3 Å². The molecule has 0 amide bonds. The fourth-order valence-electron chi connectivity index (χ4n) is 2.52. The third kappa shape index (κ3) is 4.67. The van der Waals surface area contributed by atoms with Gasteiger partial charge in [-0.3, -0.25) is 4.79 Å². The normalized spacial score (nSPS) is 10.9. The molecule has 0 radical (unpaired) electrons. The number of para-hydroxylation sites is 1. The van der Waals surface area contributed by atoms with E-state index in [0.29, 0.717) is 22.6 Å². The Bertz CT molecular complexity index is 1160. The predicted octanol–water partition coefficient (Wildman–Crippen LogP) is 3.16. The van der Waals surface area contributed by atoms with Gasteiger partial charge in [-0.25, -0.2) is 0 Å². The lowest BCUT2D eigenvalue weighted by Gasteiger charge is -2.10. The minimum Gasteiger partial charge on any atom is -0.504 e. The average molecular weight is 387 g/mol. The summed E-state index contributed by atoms with van der Waals surface area (Å²) in [4.78, 5) is 14.5. The average Bonchev–Trinajstić information content (AvgIpc) is 2.74. The fraction of sp³-hybridized carbons (Fsp3) is 0.0476. The summed E-state index contributed by atoms with van der Waals surface area (Å²) in [5.41, 5.74) is 1.69. The Balaban J connectivity index is 1.88. The van der Waals surface area contributed by atoms with Gasteiger partial charge in [-0.2, -0.15) is 15.5 Å². The van der Waals surface area contributed by atoms with Crippen LogP contribution in [-0.2, 0) is 0 Å². The van der Waals surface area contributed by atoms with Gasteiger partial charge in [0.2, 0.25) is 0 Å². The first-order valence-electron chi connectivity index (χ1n) is 8.53. The van der Waals surface area contributed by atoms with Crippen molar-refractivity contribution in [2.24, 2.45) is 10.2 Å². The quantitative estimate of drug-likeness (QED) is 0.443. The molecule has 3 N–H and O–H groups in total. The van der Waals surface area contributed by atoms with E-state index in [1.165, 1.54) is 31.8 Å². The van der Waals surface area contributed by atoms with Crippen molar-refractivity contribution in [3.8, 4) is 17.6 Å². The highest BCUT2D eigenvalue weighted by molar-refractivity contribution is 5.91. The van der Waals surface area contributed by atoms with Gasteiger partial charge in [0.15, 0.2) is 11.5 Å². The number of aromatic nitrogens is 1. The number of pyridine rings is 1. The molecule has 1 heterocycles. The van der Waals surface area contributed by atoms with Crippen molar-refractivity contribution in [3.63, 3.8) is 0 Å². The van der Waals surface area contributed by atoms with E-state index in [9.17, 15) is 15.2 Å². The summed E-state index contributed by atoms with van der Waals surface area (Å²) in [6.07, 6.45) is 4.37. The van der Waals surface area contributed by atoms with Crippen LogP contribution in [0.25, 0.3) is 0 Å². The molecule has 0 bridgehead atoms. The maximum absolute atomic E-state index is 12.0. The van der Waals surface area contributed by atoms with Crippen molar-refractivity contribution >= 4 is 23.8 Å². The lowest BCUT2D eigenvalue weighted by atomic mass is 10.1. The van der Waals surface area contributed by atoms with Gasteiger partial charge in [-0.05, 0) is 35.9 Å². The van der Waals surface area contributed by atoms with Gasteiger partial charge >= 0.3 is 0 Å². The van der Waals surface area contributed by atoms with Gasteiger partial charge in [0, 0.05) is 17.4 Å². The van der Waals surface area contributed by atoms with E-state index in [2.05, 4.69) is 20.5 Å². The summed E-state index contributed by atoms with van der Waals surface area (Å²) in [6.45, 7) is 0. The monoisotopic (exact) mass is 387 g/mol. The number of nitrogens with one attached hydrogen (secondary N) is 2. The molecule has 0 saturated heterocycles. The first kappa shape index (κ1) is 19.4. The Morgan fingerprint density at radius 2 is 1.93 bits per heavy atom. The Morgan fingerprint density at radius 3 is 2.66 bits per heavy atom. The van der Waals surface area contributed by atoms with Crippen molar-refractivity contribution < 1.29 is 9.84 Å². The van der Waals surface area contributed by atoms with Gasteiger partial charge in [0.05, 0.1) is 25.2 Å². The Labute approximate surface area is 166 Å². The predicted molar refractivity (Wildman–Crippen MR) is 111 cm³/mol. The van der Waals surface area contributed by atoms with Gasteiger partial charge < -0.3 is 20.1 Å². The highest BCUT2D eigenvalue weighted by Crippen LogP contribution is 2.25. The zero-order valence-corrected chi connectivity index (χ0v) is 15.5. The zero-order chi connectivity index (χ0) is 20.6. The molecule has 0 aliphatic carbocycles. The van der Waals surface area contributed by atoms with Gasteiger partial charge in [0.25, 0.3) is 5.56 Å². The van der Waals surface area contributed by atoms with E-state index in [0.717, 1.165) is 5.69 Å². The fourth-order valence-corrected chi connectivity index (χ4v) is 2.52. The van der Waals surface area contributed by atoms with Crippen molar-refractivity contribution in [2.45, 2.75) is 0 Å². The molecule has 0 fully saturated rings. The second-order valence-electron chi connectivity index (χ2n) is 5.85. The molecule has 3 rings (SSSR count). The van der Waals surface area contributed by atoms with Crippen molar-refractivity contribution in [3.05, 3.63) is 81.8 Å². The van der Waals surface area contributed by atoms with Crippen LogP contribution in [0.15, 0.2) is 69.7 Å². The molecule has 29 heavy (non-hydrogen) atoms. The SMILES string of the molecule is COc1cc(C=NN=Cc2c[nH]c(=O)c(C#N)c2Nc2ccccc2)ccc1O. The highest BCUT2D eigenvalue weighted by Gasteiger charge is 2.11. The summed E-state index contributed by atoms with van der Waals surface area (Å²) in [5.74, 6) is 0.355. The third-order valence-electron chi connectivity index (χ3n) is 3.95. The molecule has 8 heteroatoms. The molecular formula is C21H17N5O3. The molecule has 0 aliphatic heterocycles. The Kier molecular flexibility index (Phi) is 6.02. The summed E-state index contributed by atoms with van der Waals surface area (Å²) < 4.78 is 5.05. The standard InChI is InChI=1S/C21H17N5O3/c1-29-19-9-14(7-8-18(19)27)11-24-25-13-15-12-23-21(28)17(10-22)20(15)26-16-5-3-2-4-6-16/h2-9,11-13,27H,1H3,(H2,23,26,28). The molecule has 144 valence electrons. The van der Waals surface area contributed by atoms with Crippen LogP contribution in [-0.4, -0.2) is 29.6 Å². The number of H-pyrrole nitrogens is 1. The molecule has 0 unspecified atom stereocenters. The topological polar surface area (TPSA) is 123 Å². The van der Waals surface area contributed by atoms with Crippen LogP contribution < -0.4 is 15.6 Å². The number of methoxy groups -OCH3 is 1. The first-order chi connectivity index (χ1) is 14.1. The number of hydrogen-bond acceptors (Lipinski definition) is 7. The van der Waals surface area contributed by atoms with Crippen molar-refractivity contribution in [1.29, 1.82) is 5.26 Å². The van der Waals surface area contributed by atoms with E-state index in [1.54, 1.807) is 12.1 Å². The number of rotatable bonds is 6. The molecule has 0 aliphatic rings. The van der Waals surface area contributed by atoms with Crippen LogP contribution in [0, 0.1) is 11.3 Å². The lowest BCUT2D eigenvalue weighted by Crippen LogP contribution is -2.14. The Hall–Kier alpha value is -4.38. The summed E-state index contributed by atoms with van der Waals surface area (Å²) in [7, 11) is 1.46. The number of phenols is 1. The largest absolute Gasteiger partial charge is 0.504 e. The number of aromatic hydroxyl groups is 1. The number of aromatic amines is 1. The van der Waals surface area contributed by atoms with Gasteiger partial charge in [-0.1, -0.05) is 18.2 Å². The van der Waals surface area contributed by atoms with E-state index in [4.69, 9.17) is 4.74 Å². The van der Waals surface area contributed by atoms with Gasteiger partial charge in [-0.15, -0.1) is 0 Å². The van der Waals surface area contributed by atoms with Crippen LogP contribution in [0.2, 0.25) is 0 Å². The Morgan fingerprint density at radius 1 is 1.17 bits per heavy atom. The molecule has 0 spiro atoms. The van der Waals surface area contributed by atoms with Crippen LogP contribution >= 0.6 is 0 Å². The highest BCUT2D eigenvalue weighted by atomic mass is 16.5. The first-order valence-corrected chi connectivity index (χ1v) is 8.53. The maximum atomic E-state index is 12.0. The summed E-state index contributed by atoms with van der Waals surface area (Å²) in [5, 5.41) is 30.0. The zero-order valence-electron chi connectivity index (χ0n) is 15.5. The number of hydrogen-bond donors (Lipinski definition) is 3. The number of phenolic OH excluding ortho intramolecular Hbond substituents is 1. The smallest absolute Gasteiger partial charge is 0.268 e. The molecule has 8 nitrogen and oxygen atoms in total. The second kappa shape index (κ2) is 9.01. The molecule has 0 atom stereocenters. The van der Waals surface area contributed by atoms with Gasteiger partial charge in [0.1, 0.15) is 11.6 Å². The number of nitriles is 1. The van der Waals surface area contributed by atoms with Crippen LogP contribution in [0.5, 0.6) is 11.5 Å². The molecular weight excluding hydrogens is 370 g/mol. The summed E-state index contributed by atoms with van der Waals surface area (Å²) in [6, 6.07) is 15.9. The minimum atomic E-state index is -0.497. The van der Waals surface area contributed by atoms with Crippen LogP contribution in [0.3, 0.4) is 0 Å². The van der Waals surface area contributed by atoms with E-state index < -0.39 is 5.56 Å². The molecule has 0 saturated carbocycles. The van der Waals surface area contributed by atoms with Crippen LogP contribution in [0.4, 0.5) is 11.4 Å². The van der Waals surface area contributed by atoms with Crippen LogP contribution in [0.1, 0.15) is 16.7 Å². The number of anilines is 2. The minimum absolute atomic E-state index is 0.0297. The maximum Gasteiger partial charge on any atom is 0.268 e. The number of nitrogens with zero attached hydrogens (tertiary/aromatic N) is 3. The number of benzene rings is 2. The third-order valence-corrected chi connectivity index (χ3v) is 3.95. The summed E-state index contributed by atoms with van der Waals surface area (Å²) >= 11 is 0. The van der Waals surface area contributed by atoms with E-state index in [1.807, 2.05) is 36.4 Å². The number of ether oxygens (including phenoxy) is 1. The van der Waals surface area contributed by atoms with Crippen molar-refractivity contribution in [1.82, 2.24) is 4.98 Å². The second-order valence-corrected chi connectivity index (χ2v) is 5.85.